The predicted molar refractivity (Wildman–Crippen MR) is 102 cm³/mol. The summed E-state index contributed by atoms with van der Waals surface area (Å²) in [6.07, 6.45) is 4.33. The lowest BCUT2D eigenvalue weighted by molar-refractivity contribution is -0.117. The first-order valence-corrected chi connectivity index (χ1v) is 8.54. The van der Waals surface area contributed by atoms with Gasteiger partial charge in [-0.2, -0.15) is 0 Å². The van der Waals surface area contributed by atoms with E-state index in [4.69, 9.17) is 0 Å². The first-order valence-electron chi connectivity index (χ1n) is 8.54. The van der Waals surface area contributed by atoms with Crippen LogP contribution in [0.25, 0.3) is 6.08 Å². The summed E-state index contributed by atoms with van der Waals surface area (Å²) in [6, 6.07) is 18.5. The number of amides is 1. The topological polar surface area (TPSA) is 29.1 Å². The van der Waals surface area contributed by atoms with Gasteiger partial charge in [0, 0.05) is 6.08 Å². The van der Waals surface area contributed by atoms with E-state index in [1.54, 1.807) is 6.08 Å². The van der Waals surface area contributed by atoms with Crippen LogP contribution < -0.4 is 5.32 Å². The number of carbonyl (C=O) groups is 1. The standard InChI is InChI=1S/C22H27NO/c1-5-20(18-9-7-6-8-10-18)23-21(24)16-13-17-11-14-19(15-12-17)22(2,3)4/h6-16,20H,5H2,1-4H3,(H,23,24)/b16-13+/t20-/m0/s1. The quantitative estimate of drug-likeness (QED) is 0.747. The van der Waals surface area contributed by atoms with Crippen LogP contribution in [0.3, 0.4) is 0 Å². The van der Waals surface area contributed by atoms with Crippen molar-refractivity contribution in [1.82, 2.24) is 5.32 Å². The maximum Gasteiger partial charge on any atom is 0.244 e. The maximum atomic E-state index is 12.2. The molecule has 1 N–H and O–H groups in total. The smallest absolute Gasteiger partial charge is 0.244 e. The van der Waals surface area contributed by atoms with Crippen molar-refractivity contribution in [3.63, 3.8) is 0 Å². The molecule has 0 spiro atoms. The highest BCUT2D eigenvalue weighted by molar-refractivity contribution is 5.92. The lowest BCUT2D eigenvalue weighted by Gasteiger charge is -2.18. The summed E-state index contributed by atoms with van der Waals surface area (Å²) >= 11 is 0. The largest absolute Gasteiger partial charge is 0.346 e. The van der Waals surface area contributed by atoms with E-state index in [9.17, 15) is 4.79 Å². The van der Waals surface area contributed by atoms with Crippen molar-refractivity contribution in [3.05, 3.63) is 77.4 Å². The summed E-state index contributed by atoms with van der Waals surface area (Å²) in [5.41, 5.74) is 3.60. The summed E-state index contributed by atoms with van der Waals surface area (Å²) in [7, 11) is 0. The monoisotopic (exact) mass is 321 g/mol. The molecule has 24 heavy (non-hydrogen) atoms. The van der Waals surface area contributed by atoms with Gasteiger partial charge in [-0.05, 0) is 34.6 Å². The molecule has 0 aliphatic heterocycles. The molecule has 2 aromatic rings. The van der Waals surface area contributed by atoms with E-state index in [1.165, 1.54) is 5.56 Å². The van der Waals surface area contributed by atoms with Crippen LogP contribution in [0.5, 0.6) is 0 Å². The first kappa shape index (κ1) is 18.0. The van der Waals surface area contributed by atoms with E-state index < -0.39 is 0 Å². The Balaban J connectivity index is 1.99. The second-order valence-electron chi connectivity index (χ2n) is 7.09. The molecule has 0 saturated carbocycles. The van der Waals surface area contributed by atoms with Crippen LogP contribution in [0.2, 0.25) is 0 Å². The van der Waals surface area contributed by atoms with Gasteiger partial charge in [-0.15, -0.1) is 0 Å². The van der Waals surface area contributed by atoms with E-state index in [0.29, 0.717) is 0 Å². The maximum absolute atomic E-state index is 12.2. The average Bonchev–Trinajstić information content (AvgIpc) is 2.58. The molecule has 0 saturated heterocycles. The fraction of sp³-hybridized carbons (Fsp3) is 0.318. The van der Waals surface area contributed by atoms with Gasteiger partial charge in [-0.1, -0.05) is 82.3 Å². The van der Waals surface area contributed by atoms with Gasteiger partial charge in [0.1, 0.15) is 0 Å². The normalized spacial score (nSPS) is 13.0. The summed E-state index contributed by atoms with van der Waals surface area (Å²) in [6.45, 7) is 8.66. The molecule has 0 unspecified atom stereocenters. The summed E-state index contributed by atoms with van der Waals surface area (Å²) in [5.74, 6) is -0.0643. The van der Waals surface area contributed by atoms with Crippen molar-refractivity contribution < 1.29 is 4.79 Å². The zero-order valence-electron chi connectivity index (χ0n) is 15.0. The van der Waals surface area contributed by atoms with Crippen molar-refractivity contribution in [2.24, 2.45) is 0 Å². The average molecular weight is 321 g/mol. The zero-order valence-corrected chi connectivity index (χ0v) is 15.0. The number of benzene rings is 2. The van der Waals surface area contributed by atoms with E-state index in [-0.39, 0.29) is 17.4 Å². The third-order valence-electron chi connectivity index (χ3n) is 4.13. The minimum atomic E-state index is -0.0643. The highest BCUT2D eigenvalue weighted by Gasteiger charge is 2.13. The molecule has 0 bridgehead atoms. The van der Waals surface area contributed by atoms with Gasteiger partial charge in [0.2, 0.25) is 5.91 Å². The second-order valence-corrected chi connectivity index (χ2v) is 7.09. The lowest BCUT2D eigenvalue weighted by Crippen LogP contribution is -2.26. The third kappa shape index (κ3) is 5.09. The molecule has 0 heterocycles. The summed E-state index contributed by atoms with van der Waals surface area (Å²) in [4.78, 5) is 12.2. The molecule has 0 aromatic heterocycles. The second kappa shape index (κ2) is 7.96. The molecule has 0 aliphatic carbocycles. The Morgan fingerprint density at radius 2 is 1.67 bits per heavy atom. The van der Waals surface area contributed by atoms with Crippen molar-refractivity contribution in [2.45, 2.75) is 45.6 Å². The number of nitrogens with one attached hydrogen (secondary N) is 1. The lowest BCUT2D eigenvalue weighted by atomic mass is 9.87. The van der Waals surface area contributed by atoms with Crippen molar-refractivity contribution in [2.75, 3.05) is 0 Å². The number of hydrogen-bond acceptors (Lipinski definition) is 1. The fourth-order valence-corrected chi connectivity index (χ4v) is 2.59. The highest BCUT2D eigenvalue weighted by Crippen LogP contribution is 2.22. The Hall–Kier alpha value is -2.35. The van der Waals surface area contributed by atoms with Crippen LogP contribution in [-0.2, 0) is 10.2 Å². The number of carbonyl (C=O) groups excluding carboxylic acids is 1. The van der Waals surface area contributed by atoms with Crippen LogP contribution >= 0.6 is 0 Å². The minimum absolute atomic E-state index is 0.0478. The Kier molecular flexibility index (Phi) is 5.97. The van der Waals surface area contributed by atoms with Crippen molar-refractivity contribution in [3.8, 4) is 0 Å². The molecule has 0 radical (unpaired) electrons. The predicted octanol–water partition coefficient (Wildman–Crippen LogP) is 5.26. The van der Waals surface area contributed by atoms with Gasteiger partial charge in [-0.25, -0.2) is 0 Å². The van der Waals surface area contributed by atoms with Gasteiger partial charge in [0.25, 0.3) is 0 Å². The summed E-state index contributed by atoms with van der Waals surface area (Å²) in [5, 5.41) is 3.06. The first-order chi connectivity index (χ1) is 11.4. The highest BCUT2D eigenvalue weighted by atomic mass is 16.1. The van der Waals surface area contributed by atoms with Gasteiger partial charge < -0.3 is 5.32 Å². The molecular weight excluding hydrogens is 294 g/mol. The molecule has 2 heteroatoms. The van der Waals surface area contributed by atoms with Crippen LogP contribution in [0, 0.1) is 0 Å². The molecule has 2 aromatic carbocycles. The van der Waals surface area contributed by atoms with E-state index in [0.717, 1.165) is 17.5 Å². The van der Waals surface area contributed by atoms with Gasteiger partial charge in [0.05, 0.1) is 6.04 Å². The van der Waals surface area contributed by atoms with E-state index in [1.807, 2.05) is 36.4 Å². The van der Waals surface area contributed by atoms with Gasteiger partial charge in [0.15, 0.2) is 0 Å². The Morgan fingerprint density at radius 3 is 2.21 bits per heavy atom. The Labute approximate surface area is 145 Å². The van der Waals surface area contributed by atoms with Crippen LogP contribution in [0.4, 0.5) is 0 Å². The molecule has 0 aliphatic rings. The Bertz CT molecular complexity index is 678. The molecule has 1 amide bonds. The number of rotatable bonds is 5. The summed E-state index contributed by atoms with van der Waals surface area (Å²) < 4.78 is 0. The van der Waals surface area contributed by atoms with Crippen LogP contribution in [0.15, 0.2) is 60.7 Å². The van der Waals surface area contributed by atoms with E-state index >= 15 is 0 Å². The molecule has 1 atom stereocenters. The third-order valence-corrected chi connectivity index (χ3v) is 4.13. The van der Waals surface area contributed by atoms with Gasteiger partial charge >= 0.3 is 0 Å². The SMILES string of the molecule is CC[C@H](NC(=O)/C=C/c1ccc(C(C)(C)C)cc1)c1ccccc1. The molecule has 2 rings (SSSR count). The van der Waals surface area contributed by atoms with Gasteiger partial charge in [-0.3, -0.25) is 4.79 Å². The fourth-order valence-electron chi connectivity index (χ4n) is 2.59. The number of hydrogen-bond donors (Lipinski definition) is 1. The van der Waals surface area contributed by atoms with E-state index in [2.05, 4.69) is 57.3 Å². The zero-order chi connectivity index (χ0) is 17.6. The van der Waals surface area contributed by atoms with Crippen LogP contribution in [0.1, 0.15) is 56.8 Å². The Morgan fingerprint density at radius 1 is 1.04 bits per heavy atom. The van der Waals surface area contributed by atoms with Crippen molar-refractivity contribution >= 4 is 12.0 Å². The van der Waals surface area contributed by atoms with Crippen LogP contribution in [-0.4, -0.2) is 5.91 Å². The molecule has 126 valence electrons. The molecule has 2 nitrogen and oxygen atoms in total. The molecular formula is C22H27NO. The molecule has 0 fully saturated rings. The van der Waals surface area contributed by atoms with Crippen molar-refractivity contribution in [1.29, 1.82) is 0 Å². The minimum Gasteiger partial charge on any atom is -0.346 e.